The van der Waals surface area contributed by atoms with E-state index in [2.05, 4.69) is 0 Å². The van der Waals surface area contributed by atoms with E-state index < -0.39 is 0 Å². The van der Waals surface area contributed by atoms with E-state index in [9.17, 15) is 0 Å². The summed E-state index contributed by atoms with van der Waals surface area (Å²) in [6.07, 6.45) is 0. The maximum atomic E-state index is 0. The third-order valence-electron chi connectivity index (χ3n) is 0. The summed E-state index contributed by atoms with van der Waals surface area (Å²) in [5, 5.41) is 0. The molecule has 0 amide bonds. The molecule has 0 atom stereocenters. The molecule has 0 saturated carbocycles. The molecule has 0 aromatic rings. The predicted molar refractivity (Wildman–Crippen MR) is 24.9 cm³/mol. The van der Waals surface area contributed by atoms with E-state index >= 15 is 0 Å². The van der Waals surface area contributed by atoms with Gasteiger partial charge < -0.3 is 38.3 Å². The van der Waals surface area contributed by atoms with Crippen molar-refractivity contribution in [3.8, 4) is 0 Å². The fourth-order valence-corrected chi connectivity index (χ4v) is 0. The van der Waals surface area contributed by atoms with Crippen LogP contribution in [0.5, 0.6) is 0 Å². The molecule has 0 aromatic carbocycles. The minimum absolute atomic E-state index is 0. The summed E-state index contributed by atoms with van der Waals surface area (Å²) in [7, 11) is 0. The molecule has 0 unspecified atom stereocenters. The molecule has 0 saturated heterocycles. The van der Waals surface area contributed by atoms with Crippen LogP contribution in [0.2, 0.25) is 0 Å². The first-order valence-corrected chi connectivity index (χ1v) is 0. The van der Waals surface area contributed by atoms with Crippen LogP contribution in [0.4, 0.5) is 0 Å². The minimum atomic E-state index is 0. The fraction of sp³-hybridized carbons (Fsp3) is 0. The Morgan fingerprint density at radius 3 is 0.364 bits per heavy atom. The average Bonchev–Trinajstić information content (AvgIpc) is 0. The van der Waals surface area contributed by atoms with Crippen LogP contribution < -0.4 is 18.9 Å². The Balaban J connectivity index is 0. The van der Waals surface area contributed by atoms with Crippen molar-refractivity contribution in [2.45, 2.75) is 0 Å². The molecule has 0 bridgehead atoms. The third kappa shape index (κ3) is 329. The van der Waals surface area contributed by atoms with Crippen molar-refractivity contribution in [1.29, 1.82) is 0 Å². The van der Waals surface area contributed by atoms with Crippen LogP contribution in [0.15, 0.2) is 0 Å². The van der Waals surface area contributed by atoms with Crippen LogP contribution in [0.3, 0.4) is 0 Å². The van der Waals surface area contributed by atoms with Gasteiger partial charge >= 0.3 is 70.1 Å². The number of hydrogen-bond donors (Lipinski definition) is 0. The SMILES string of the molecule is [Fe+2].[Fe+2].[Li+].[OH-].[OH-].[OH-].[OH-].[OH-].[OH-].[OH-].[SeH4+2]. The molecule has 0 fully saturated rings. The molecule has 11 heavy (non-hydrogen) atoms. The van der Waals surface area contributed by atoms with Crippen molar-refractivity contribution < 1.29 is 91.3 Å². The summed E-state index contributed by atoms with van der Waals surface area (Å²) in [6.45, 7) is 0. The molecule has 7 nitrogen and oxygen atoms in total. The van der Waals surface area contributed by atoms with E-state index in [0.717, 1.165) is 0 Å². The van der Waals surface area contributed by atoms with Gasteiger partial charge in [-0.15, -0.1) is 0 Å². The number of hydrogen-bond acceptors (Lipinski definition) is 7. The summed E-state index contributed by atoms with van der Waals surface area (Å²) in [5.74, 6) is 0. The molecule has 0 aromatic heterocycles. The van der Waals surface area contributed by atoms with E-state index in [-0.39, 0.29) is 108 Å². The summed E-state index contributed by atoms with van der Waals surface area (Å²) in [5.41, 5.74) is 0. The van der Waals surface area contributed by atoms with Crippen LogP contribution in [-0.2, 0) is 34.1 Å². The van der Waals surface area contributed by atoms with Gasteiger partial charge in [0.05, 0.1) is 0 Å². The molecular weight excluding hydrogens is 310 g/mol. The average molecular weight is 321 g/mol. The first kappa shape index (κ1) is 516. The molecule has 7 N–H and O–H groups in total. The zero-order chi connectivity index (χ0) is 0. The van der Waals surface area contributed by atoms with Crippen LogP contribution in [0.25, 0.3) is 0 Å². The van der Waals surface area contributed by atoms with Gasteiger partial charge in [-0.2, -0.15) is 0 Å². The fourth-order valence-electron chi connectivity index (χ4n) is 0. The van der Waals surface area contributed by atoms with Crippen molar-refractivity contribution in [2.24, 2.45) is 0 Å². The van der Waals surface area contributed by atoms with Gasteiger partial charge in [0.2, 0.25) is 0 Å². The van der Waals surface area contributed by atoms with Crippen molar-refractivity contribution in [1.82, 2.24) is 0 Å². The van der Waals surface area contributed by atoms with E-state index in [1.165, 1.54) is 0 Å². The van der Waals surface area contributed by atoms with Crippen molar-refractivity contribution in [3.05, 3.63) is 0 Å². The Kier molecular flexibility index (Phi) is 18700. The summed E-state index contributed by atoms with van der Waals surface area (Å²) < 4.78 is 0. The van der Waals surface area contributed by atoms with Crippen LogP contribution >= 0.6 is 0 Å². The van der Waals surface area contributed by atoms with E-state index in [1.807, 2.05) is 0 Å². The summed E-state index contributed by atoms with van der Waals surface area (Å²) in [4.78, 5) is 0. The normalized spacial score (nSPS) is 0. The second kappa shape index (κ2) is 399. The van der Waals surface area contributed by atoms with Gasteiger partial charge in [0.1, 0.15) is 0 Å². The zero-order valence-electron chi connectivity index (χ0n) is 5.54. The molecule has 0 aliphatic heterocycles. The molecule has 11 heteroatoms. The molecular formula is H11Fe2LiO7Se. The standard InChI is InChI=1S/2Fe.Li.7H2O.H4Se/h;;;7*1H2;1H4/q2*+2;+1;;;;;;;;+2/p-7. The Labute approximate surface area is 108 Å². The maximum absolute atomic E-state index is 0. The Hall–Kier alpha value is 1.88. The number of rotatable bonds is 0. The molecule has 0 heterocycles. The van der Waals surface area contributed by atoms with Crippen LogP contribution in [-0.4, -0.2) is 55.4 Å². The zero-order valence-corrected chi connectivity index (χ0v) is 10.7. The van der Waals surface area contributed by atoms with E-state index in [4.69, 9.17) is 0 Å². The van der Waals surface area contributed by atoms with Crippen molar-refractivity contribution >= 4 is 17.1 Å². The van der Waals surface area contributed by atoms with Gasteiger partial charge in [0.25, 0.3) is 0 Å². The van der Waals surface area contributed by atoms with Gasteiger partial charge in [0, 0.05) is 0 Å². The Bertz CT molecular complexity index is 16.4. The third-order valence-corrected chi connectivity index (χ3v) is 0. The summed E-state index contributed by atoms with van der Waals surface area (Å²) in [6, 6.07) is 0. The Morgan fingerprint density at radius 2 is 0.364 bits per heavy atom. The second-order valence-electron chi connectivity index (χ2n) is 0. The molecule has 76 valence electrons. The quantitative estimate of drug-likeness (QED) is 0.394. The second-order valence-corrected chi connectivity index (χ2v) is 0. The van der Waals surface area contributed by atoms with Gasteiger partial charge in [-0.3, -0.25) is 0 Å². The van der Waals surface area contributed by atoms with Crippen molar-refractivity contribution in [3.63, 3.8) is 0 Å². The predicted octanol–water partition coefficient (Wildman–Crippen LogP) is -5.69. The van der Waals surface area contributed by atoms with E-state index in [0.29, 0.717) is 0 Å². The first-order chi connectivity index (χ1) is 0. The topological polar surface area (TPSA) is 210 Å². The van der Waals surface area contributed by atoms with Gasteiger partial charge in [0.15, 0.2) is 0 Å². The van der Waals surface area contributed by atoms with Crippen LogP contribution in [0.1, 0.15) is 0 Å². The molecule has 0 spiro atoms. The monoisotopic (exact) mass is 322 g/mol. The molecule has 0 aliphatic carbocycles. The van der Waals surface area contributed by atoms with Gasteiger partial charge in [-0.05, 0) is 0 Å². The molecule has 0 aliphatic rings. The van der Waals surface area contributed by atoms with Gasteiger partial charge in [-0.1, -0.05) is 0 Å². The van der Waals surface area contributed by atoms with Gasteiger partial charge in [-0.25, -0.2) is 0 Å². The van der Waals surface area contributed by atoms with Crippen LogP contribution in [0, 0.1) is 0 Å². The molecule has 0 radical (unpaired) electrons. The molecule has 0 rings (SSSR count). The summed E-state index contributed by atoms with van der Waals surface area (Å²) >= 11 is 0. The first-order valence-electron chi connectivity index (χ1n) is 0. The van der Waals surface area contributed by atoms with E-state index in [1.54, 1.807) is 0 Å². The van der Waals surface area contributed by atoms with Crippen molar-refractivity contribution in [2.75, 3.05) is 0 Å². The Morgan fingerprint density at radius 1 is 0.364 bits per heavy atom.